The number of nitrogens with one attached hydrogen (secondary N) is 1. The topological polar surface area (TPSA) is 68.3 Å². The molecule has 1 heterocycles. The van der Waals surface area contributed by atoms with Gasteiger partial charge in [0.15, 0.2) is 5.13 Å². The van der Waals surface area contributed by atoms with Gasteiger partial charge in [-0.1, -0.05) is 29.9 Å². The van der Waals surface area contributed by atoms with E-state index in [0.717, 1.165) is 17.8 Å². The summed E-state index contributed by atoms with van der Waals surface area (Å²) >= 11 is 1.08. The van der Waals surface area contributed by atoms with Crippen LogP contribution < -0.4 is 5.32 Å². The van der Waals surface area contributed by atoms with Crippen LogP contribution in [0.3, 0.4) is 0 Å². The lowest BCUT2D eigenvalue weighted by molar-refractivity contribution is -0.124. The van der Waals surface area contributed by atoms with Crippen molar-refractivity contribution < 1.29 is 18.7 Å². The van der Waals surface area contributed by atoms with Gasteiger partial charge in [-0.25, -0.2) is 14.2 Å². The third-order valence-corrected chi connectivity index (χ3v) is 5.46. The molecule has 2 aromatic rings. The second-order valence-corrected chi connectivity index (χ2v) is 6.82. The molecule has 1 amide bonds. The van der Waals surface area contributed by atoms with Crippen LogP contribution in [0.5, 0.6) is 0 Å². The molecular formula is C17H17FN2O3S. The van der Waals surface area contributed by atoms with Crippen molar-refractivity contribution in [3.05, 3.63) is 46.2 Å². The number of aryl methyl sites for hydroxylation is 1. The third kappa shape index (κ3) is 2.80. The molecule has 7 heteroatoms. The van der Waals surface area contributed by atoms with E-state index in [1.165, 1.54) is 19.2 Å². The molecule has 1 fully saturated rings. The number of aromatic nitrogens is 1. The molecule has 1 N–H and O–H groups in total. The van der Waals surface area contributed by atoms with Gasteiger partial charge in [0.25, 0.3) is 0 Å². The van der Waals surface area contributed by atoms with Gasteiger partial charge in [-0.15, -0.1) is 0 Å². The van der Waals surface area contributed by atoms with E-state index in [0.29, 0.717) is 34.1 Å². The fraction of sp³-hybridized carbons (Fsp3) is 0.353. The van der Waals surface area contributed by atoms with Crippen molar-refractivity contribution in [2.45, 2.75) is 31.6 Å². The molecule has 0 radical (unpaired) electrons. The highest BCUT2D eigenvalue weighted by Gasteiger charge is 2.46. The third-order valence-electron chi connectivity index (χ3n) is 4.41. The summed E-state index contributed by atoms with van der Waals surface area (Å²) in [5.41, 5.74) is 0.455. The zero-order valence-electron chi connectivity index (χ0n) is 13.4. The van der Waals surface area contributed by atoms with E-state index in [1.807, 2.05) is 0 Å². The minimum atomic E-state index is -0.729. The number of anilines is 1. The second kappa shape index (κ2) is 6.32. The minimum Gasteiger partial charge on any atom is -0.465 e. The number of amides is 1. The van der Waals surface area contributed by atoms with Gasteiger partial charge in [0.05, 0.1) is 18.2 Å². The summed E-state index contributed by atoms with van der Waals surface area (Å²) in [5.74, 6) is -1.05. The number of methoxy groups -OCH3 is 1. The molecule has 5 nitrogen and oxygen atoms in total. The summed E-state index contributed by atoms with van der Waals surface area (Å²) in [6.07, 6.45) is 2.24. The van der Waals surface area contributed by atoms with Gasteiger partial charge in [-0.3, -0.25) is 4.79 Å². The summed E-state index contributed by atoms with van der Waals surface area (Å²) in [7, 11) is 1.30. The van der Waals surface area contributed by atoms with Crippen LogP contribution in [0.2, 0.25) is 0 Å². The van der Waals surface area contributed by atoms with Crippen molar-refractivity contribution >= 4 is 28.3 Å². The van der Waals surface area contributed by atoms with Crippen LogP contribution in [0.25, 0.3) is 0 Å². The lowest BCUT2D eigenvalue weighted by Crippen LogP contribution is -2.46. The number of nitrogens with zero attached hydrogens (tertiary/aromatic N) is 1. The molecule has 0 unspecified atom stereocenters. The first kappa shape index (κ1) is 16.6. The number of benzene rings is 1. The number of carbonyl (C=O) groups is 2. The Bertz CT molecular complexity index is 799. The molecule has 0 spiro atoms. The van der Waals surface area contributed by atoms with Crippen molar-refractivity contribution in [2.24, 2.45) is 0 Å². The zero-order valence-corrected chi connectivity index (χ0v) is 14.2. The summed E-state index contributed by atoms with van der Waals surface area (Å²) in [5, 5.41) is 3.13. The molecule has 0 aliphatic heterocycles. The van der Waals surface area contributed by atoms with E-state index < -0.39 is 11.4 Å². The van der Waals surface area contributed by atoms with E-state index in [-0.39, 0.29) is 11.7 Å². The normalized spacial score (nSPS) is 15.5. The fourth-order valence-corrected chi connectivity index (χ4v) is 3.79. The van der Waals surface area contributed by atoms with Crippen LogP contribution in [0, 0.1) is 12.7 Å². The van der Waals surface area contributed by atoms with Crippen molar-refractivity contribution in [1.82, 2.24) is 4.98 Å². The minimum absolute atomic E-state index is 0.218. The Morgan fingerprint density at radius 3 is 2.71 bits per heavy atom. The highest BCUT2D eigenvalue weighted by atomic mass is 32.1. The number of rotatable bonds is 4. The van der Waals surface area contributed by atoms with Crippen molar-refractivity contribution in [2.75, 3.05) is 12.4 Å². The molecule has 1 aromatic carbocycles. The number of hydrogen-bond donors (Lipinski definition) is 1. The maximum absolute atomic E-state index is 13.5. The molecule has 1 aliphatic rings. The van der Waals surface area contributed by atoms with Gasteiger partial charge in [-0.2, -0.15) is 0 Å². The van der Waals surface area contributed by atoms with E-state index >= 15 is 0 Å². The standard InChI is InChI=1S/C17H17FN2O3S/c1-10-13(14(21)23-2)24-16(19-10)20-15(22)17(7-4-8-17)11-5-3-6-12(18)9-11/h3,5-6,9H,4,7-8H2,1-2H3,(H,19,20,22). The molecule has 1 aromatic heterocycles. The van der Waals surface area contributed by atoms with Gasteiger partial charge in [-0.05, 0) is 37.5 Å². The molecule has 24 heavy (non-hydrogen) atoms. The van der Waals surface area contributed by atoms with Gasteiger partial charge in [0.1, 0.15) is 10.7 Å². The lowest BCUT2D eigenvalue weighted by atomic mass is 9.64. The quantitative estimate of drug-likeness (QED) is 0.860. The first-order chi connectivity index (χ1) is 11.5. The maximum atomic E-state index is 13.5. The molecule has 0 atom stereocenters. The van der Waals surface area contributed by atoms with Gasteiger partial charge in [0, 0.05) is 0 Å². The number of halogens is 1. The Kier molecular flexibility index (Phi) is 4.36. The summed E-state index contributed by atoms with van der Waals surface area (Å²) < 4.78 is 18.2. The predicted molar refractivity (Wildman–Crippen MR) is 88.7 cm³/mol. The molecule has 126 valence electrons. The Morgan fingerprint density at radius 2 is 2.12 bits per heavy atom. The monoisotopic (exact) mass is 348 g/mol. The second-order valence-electron chi connectivity index (χ2n) is 5.83. The average Bonchev–Trinajstić information content (AvgIpc) is 2.86. The first-order valence-corrected chi connectivity index (χ1v) is 8.41. The number of ether oxygens (including phenoxy) is 1. The number of carbonyl (C=O) groups excluding carboxylic acids is 2. The van der Waals surface area contributed by atoms with Crippen LogP contribution in [0.15, 0.2) is 24.3 Å². The van der Waals surface area contributed by atoms with Crippen LogP contribution in [0.4, 0.5) is 9.52 Å². The van der Waals surface area contributed by atoms with Crippen molar-refractivity contribution in [1.29, 1.82) is 0 Å². The smallest absolute Gasteiger partial charge is 0.350 e. The predicted octanol–water partition coefficient (Wildman–Crippen LogP) is 3.44. The van der Waals surface area contributed by atoms with Crippen LogP contribution in [0.1, 0.15) is 40.2 Å². The summed E-state index contributed by atoms with van der Waals surface area (Å²) in [6.45, 7) is 1.68. The van der Waals surface area contributed by atoms with Gasteiger partial charge < -0.3 is 10.1 Å². The highest BCUT2D eigenvalue weighted by Crippen LogP contribution is 2.45. The van der Waals surface area contributed by atoms with E-state index in [4.69, 9.17) is 4.74 Å². The Hall–Kier alpha value is -2.28. The maximum Gasteiger partial charge on any atom is 0.350 e. The SMILES string of the molecule is COC(=O)c1sc(NC(=O)C2(c3cccc(F)c3)CCC2)nc1C. The van der Waals surface area contributed by atoms with Crippen LogP contribution in [-0.4, -0.2) is 24.0 Å². The molecule has 0 bridgehead atoms. The molecule has 1 aliphatic carbocycles. The first-order valence-electron chi connectivity index (χ1n) is 7.59. The molecule has 1 saturated carbocycles. The van der Waals surface area contributed by atoms with Gasteiger partial charge >= 0.3 is 5.97 Å². The van der Waals surface area contributed by atoms with Crippen molar-refractivity contribution in [3.63, 3.8) is 0 Å². The Labute approximate surface area is 142 Å². The lowest BCUT2D eigenvalue weighted by Gasteiger charge is -2.40. The van der Waals surface area contributed by atoms with Crippen LogP contribution in [-0.2, 0) is 14.9 Å². The molecule has 0 saturated heterocycles. The van der Waals surface area contributed by atoms with Gasteiger partial charge in [0.2, 0.25) is 5.91 Å². The van der Waals surface area contributed by atoms with Crippen LogP contribution >= 0.6 is 11.3 Å². The van der Waals surface area contributed by atoms with E-state index in [9.17, 15) is 14.0 Å². The highest BCUT2D eigenvalue weighted by molar-refractivity contribution is 7.17. The Morgan fingerprint density at radius 1 is 1.38 bits per heavy atom. The number of thiazole rings is 1. The van der Waals surface area contributed by atoms with E-state index in [2.05, 4.69) is 10.3 Å². The summed E-state index contributed by atoms with van der Waals surface area (Å²) in [6, 6.07) is 6.15. The molecule has 3 rings (SSSR count). The zero-order chi connectivity index (χ0) is 17.3. The molecular weight excluding hydrogens is 331 g/mol. The Balaban J connectivity index is 1.85. The number of esters is 1. The average molecular weight is 348 g/mol. The largest absolute Gasteiger partial charge is 0.465 e. The number of hydrogen-bond acceptors (Lipinski definition) is 5. The van der Waals surface area contributed by atoms with E-state index in [1.54, 1.807) is 19.1 Å². The fourth-order valence-electron chi connectivity index (χ4n) is 2.91. The van der Waals surface area contributed by atoms with Crippen molar-refractivity contribution in [3.8, 4) is 0 Å². The summed E-state index contributed by atoms with van der Waals surface area (Å²) in [4.78, 5) is 29.0.